The third kappa shape index (κ3) is 5.08. The molecule has 146 valence electrons. The first-order valence-corrected chi connectivity index (χ1v) is 9.22. The van der Waals surface area contributed by atoms with Crippen LogP contribution in [0, 0.1) is 11.8 Å². The average Bonchev–Trinajstić information content (AvgIpc) is 2.96. The summed E-state index contributed by atoms with van der Waals surface area (Å²) in [4.78, 5) is 25.9. The first kappa shape index (κ1) is 19.8. The van der Waals surface area contributed by atoms with E-state index in [1.165, 1.54) is 4.90 Å². The van der Waals surface area contributed by atoms with Crippen molar-refractivity contribution in [2.24, 2.45) is 21.7 Å². The van der Waals surface area contributed by atoms with Gasteiger partial charge in [0.1, 0.15) is 0 Å². The molecule has 2 amide bonds. The summed E-state index contributed by atoms with van der Waals surface area (Å²) in [6.45, 7) is 0.415. The number of rotatable bonds is 6. The van der Waals surface area contributed by atoms with E-state index >= 15 is 0 Å². The van der Waals surface area contributed by atoms with Crippen LogP contribution in [0.5, 0.6) is 0 Å². The zero-order valence-corrected chi connectivity index (χ0v) is 15.8. The zero-order chi connectivity index (χ0) is 20.6. The molecule has 0 aliphatic carbocycles. The van der Waals surface area contributed by atoms with Crippen LogP contribution in [0.2, 0.25) is 0 Å². The molecule has 0 atom stereocenters. The number of amides is 2. The third-order valence-electron chi connectivity index (χ3n) is 4.34. The molecule has 0 saturated carbocycles. The van der Waals surface area contributed by atoms with Crippen molar-refractivity contribution in [1.82, 2.24) is 4.90 Å². The molecule has 0 aromatic heterocycles. The van der Waals surface area contributed by atoms with Crippen molar-refractivity contribution in [3.63, 3.8) is 0 Å². The zero-order valence-electron chi connectivity index (χ0n) is 15.8. The van der Waals surface area contributed by atoms with Gasteiger partial charge in [0, 0.05) is 18.5 Å². The summed E-state index contributed by atoms with van der Waals surface area (Å²) in [7, 11) is 0. The number of benzene rings is 2. The largest absolute Gasteiger partial charge is 0.369 e. The maximum Gasteiger partial charge on any atom is 0.261 e. The van der Waals surface area contributed by atoms with Crippen LogP contribution < -0.4 is 11.5 Å². The summed E-state index contributed by atoms with van der Waals surface area (Å²) < 4.78 is 0. The Morgan fingerprint density at radius 2 is 1.62 bits per heavy atom. The first-order valence-electron chi connectivity index (χ1n) is 9.22. The molecule has 0 bridgehead atoms. The molecule has 2 aromatic carbocycles. The fourth-order valence-electron chi connectivity index (χ4n) is 2.90. The van der Waals surface area contributed by atoms with E-state index in [1.54, 1.807) is 30.5 Å². The molecule has 7 nitrogen and oxygen atoms in total. The van der Waals surface area contributed by atoms with Gasteiger partial charge in [-0.1, -0.05) is 36.1 Å². The fraction of sp³-hybridized carbons (Fsp3) is 0.182. The molecule has 2 aromatic rings. The lowest BCUT2D eigenvalue weighted by Crippen LogP contribution is -2.30. The molecule has 0 unspecified atom stereocenters. The molecule has 3 rings (SSSR count). The second kappa shape index (κ2) is 9.33. The number of carbonyl (C=O) groups excluding carboxylic acids is 2. The number of nitrogens with zero attached hydrogens (tertiary/aromatic N) is 3. The Hall–Kier alpha value is -3.92. The molecule has 0 fully saturated rings. The van der Waals surface area contributed by atoms with Crippen LogP contribution in [0.15, 0.2) is 58.7 Å². The van der Waals surface area contributed by atoms with Gasteiger partial charge in [0.15, 0.2) is 0 Å². The van der Waals surface area contributed by atoms with Gasteiger partial charge in [-0.05, 0) is 42.7 Å². The minimum absolute atomic E-state index is 0.0910. The predicted octanol–water partition coefficient (Wildman–Crippen LogP) is 2.11. The van der Waals surface area contributed by atoms with Crippen LogP contribution in [0.25, 0.3) is 0 Å². The third-order valence-corrected chi connectivity index (χ3v) is 4.34. The topological polar surface area (TPSA) is 114 Å². The van der Waals surface area contributed by atoms with Gasteiger partial charge in [-0.3, -0.25) is 14.5 Å². The van der Waals surface area contributed by atoms with Crippen molar-refractivity contribution in [2.45, 2.75) is 19.3 Å². The molecule has 4 N–H and O–H groups in total. The van der Waals surface area contributed by atoms with Crippen LogP contribution in [-0.4, -0.2) is 35.4 Å². The molecule has 0 spiro atoms. The van der Waals surface area contributed by atoms with Gasteiger partial charge in [-0.2, -0.15) is 5.10 Å². The Bertz CT molecular complexity index is 990. The minimum Gasteiger partial charge on any atom is -0.369 e. The summed E-state index contributed by atoms with van der Waals surface area (Å²) in [6.07, 6.45) is 3.77. The standard InChI is InChI=1S/C22H21N5O2/c23-22(24)26-25-15-17-12-10-16(11-13-17)7-3-1-2-6-14-27-20(28)18-8-4-5-9-19(18)21(27)29/h4-5,8-13,15H,1-2,6,14H2,(H4,23,24,26). The van der Waals surface area contributed by atoms with E-state index in [0.717, 1.165) is 24.0 Å². The average molecular weight is 387 g/mol. The molecule has 1 aliphatic heterocycles. The number of hydrogen-bond acceptors (Lipinski definition) is 4. The summed E-state index contributed by atoms with van der Waals surface area (Å²) in [5.41, 5.74) is 13.1. The van der Waals surface area contributed by atoms with Crippen LogP contribution in [0.4, 0.5) is 0 Å². The monoisotopic (exact) mass is 387 g/mol. The maximum atomic E-state index is 12.3. The molecule has 1 aliphatic rings. The lowest BCUT2D eigenvalue weighted by molar-refractivity contribution is 0.0652. The Labute approximate surface area is 169 Å². The Morgan fingerprint density at radius 1 is 0.966 bits per heavy atom. The van der Waals surface area contributed by atoms with Crippen molar-refractivity contribution in [3.8, 4) is 11.8 Å². The Balaban J connectivity index is 1.43. The van der Waals surface area contributed by atoms with Gasteiger partial charge < -0.3 is 11.5 Å². The lowest BCUT2D eigenvalue weighted by atomic mass is 10.1. The smallest absolute Gasteiger partial charge is 0.261 e. The fourth-order valence-corrected chi connectivity index (χ4v) is 2.90. The van der Waals surface area contributed by atoms with Crippen LogP contribution in [0.1, 0.15) is 51.1 Å². The van der Waals surface area contributed by atoms with E-state index in [4.69, 9.17) is 11.5 Å². The maximum absolute atomic E-state index is 12.3. The molecule has 0 radical (unpaired) electrons. The van der Waals surface area contributed by atoms with Crippen LogP contribution in [-0.2, 0) is 0 Å². The molecular formula is C22H21N5O2. The van der Waals surface area contributed by atoms with Crippen molar-refractivity contribution in [1.29, 1.82) is 0 Å². The van der Waals surface area contributed by atoms with E-state index in [9.17, 15) is 9.59 Å². The number of nitrogens with two attached hydrogens (primary N) is 2. The molecule has 1 heterocycles. The van der Waals surface area contributed by atoms with Crippen LogP contribution in [0.3, 0.4) is 0 Å². The SMILES string of the molecule is NC(N)=NN=Cc1ccc(C#CCCCCN2C(=O)c3ccccc3C2=O)cc1. The number of guanidine groups is 1. The summed E-state index contributed by atoms with van der Waals surface area (Å²) in [5.74, 6) is 5.71. The second-order valence-electron chi connectivity index (χ2n) is 6.46. The van der Waals surface area contributed by atoms with E-state index in [1.807, 2.05) is 24.3 Å². The van der Waals surface area contributed by atoms with Crippen molar-refractivity contribution < 1.29 is 9.59 Å². The highest BCUT2D eigenvalue weighted by atomic mass is 16.2. The normalized spacial score (nSPS) is 12.6. The van der Waals surface area contributed by atoms with Crippen LogP contribution >= 0.6 is 0 Å². The highest BCUT2D eigenvalue weighted by Crippen LogP contribution is 2.22. The lowest BCUT2D eigenvalue weighted by Gasteiger charge is -2.12. The second-order valence-corrected chi connectivity index (χ2v) is 6.46. The van der Waals surface area contributed by atoms with E-state index in [-0.39, 0.29) is 17.8 Å². The quantitative estimate of drug-likeness (QED) is 0.197. The summed E-state index contributed by atoms with van der Waals surface area (Å²) >= 11 is 0. The summed E-state index contributed by atoms with van der Waals surface area (Å²) in [6, 6.07) is 14.5. The molecule has 29 heavy (non-hydrogen) atoms. The van der Waals surface area contributed by atoms with Gasteiger partial charge in [-0.25, -0.2) is 0 Å². The number of fused-ring (bicyclic) bond motifs is 1. The Kier molecular flexibility index (Phi) is 6.38. The first-order chi connectivity index (χ1) is 14.1. The molecule has 0 saturated heterocycles. The van der Waals surface area contributed by atoms with Gasteiger partial charge in [-0.15, -0.1) is 5.10 Å². The molecule has 7 heteroatoms. The Morgan fingerprint density at radius 3 is 2.24 bits per heavy atom. The van der Waals surface area contributed by atoms with Crippen molar-refractivity contribution >= 4 is 24.0 Å². The highest BCUT2D eigenvalue weighted by molar-refractivity contribution is 6.21. The predicted molar refractivity (Wildman–Crippen MR) is 112 cm³/mol. The molecular weight excluding hydrogens is 366 g/mol. The van der Waals surface area contributed by atoms with E-state index in [2.05, 4.69) is 22.0 Å². The highest BCUT2D eigenvalue weighted by Gasteiger charge is 2.34. The van der Waals surface area contributed by atoms with Gasteiger partial charge >= 0.3 is 0 Å². The van der Waals surface area contributed by atoms with E-state index < -0.39 is 0 Å². The van der Waals surface area contributed by atoms with E-state index in [0.29, 0.717) is 24.1 Å². The van der Waals surface area contributed by atoms with Gasteiger partial charge in [0.25, 0.3) is 11.8 Å². The van der Waals surface area contributed by atoms with Crippen molar-refractivity contribution in [2.75, 3.05) is 6.54 Å². The number of imide groups is 1. The number of unbranched alkanes of at least 4 members (excludes halogenated alkanes) is 2. The van der Waals surface area contributed by atoms with Gasteiger partial charge in [0.05, 0.1) is 17.3 Å². The number of carbonyl (C=O) groups is 2. The number of hydrogen-bond donors (Lipinski definition) is 2. The minimum atomic E-state index is -0.208. The van der Waals surface area contributed by atoms with Gasteiger partial charge in [0.2, 0.25) is 5.96 Å². The van der Waals surface area contributed by atoms with Crippen molar-refractivity contribution in [3.05, 3.63) is 70.8 Å². The summed E-state index contributed by atoms with van der Waals surface area (Å²) in [5, 5.41) is 7.29.